The summed E-state index contributed by atoms with van der Waals surface area (Å²) in [6.45, 7) is 2.51. The van der Waals surface area contributed by atoms with Gasteiger partial charge in [-0.15, -0.1) is 0 Å². The van der Waals surface area contributed by atoms with E-state index in [1.54, 1.807) is 60.6 Å². The lowest BCUT2D eigenvalue weighted by Crippen LogP contribution is -2.27. The minimum Gasteiger partial charge on any atom is -0.449 e. The molecule has 32 heavy (non-hydrogen) atoms. The normalized spacial score (nSPS) is 13.9. The fourth-order valence-electron chi connectivity index (χ4n) is 3.09. The summed E-state index contributed by atoms with van der Waals surface area (Å²) >= 11 is 7.69. The highest BCUT2D eigenvalue weighted by Gasteiger charge is 2.23. The smallest absolute Gasteiger partial charge is 0.291 e. The maximum Gasteiger partial charge on any atom is 0.291 e. The SMILES string of the molecule is Cc1[nH]cnc1CSCCNC(=O)c1ccc2c(c1)NC(=O)/C(=C/c1cccc(Cl)c1)O2. The van der Waals surface area contributed by atoms with Crippen LogP contribution in [0.5, 0.6) is 5.75 Å². The number of aromatic nitrogens is 2. The van der Waals surface area contributed by atoms with Crippen LogP contribution < -0.4 is 15.4 Å². The Kier molecular flexibility index (Phi) is 6.82. The number of imidazole rings is 1. The summed E-state index contributed by atoms with van der Waals surface area (Å²) in [5, 5.41) is 6.24. The fourth-order valence-corrected chi connectivity index (χ4v) is 4.16. The molecule has 0 saturated heterocycles. The topological polar surface area (TPSA) is 96.1 Å². The first-order valence-corrected chi connectivity index (χ1v) is 11.5. The zero-order valence-corrected chi connectivity index (χ0v) is 18.8. The summed E-state index contributed by atoms with van der Waals surface area (Å²) in [7, 11) is 0. The van der Waals surface area contributed by atoms with Crippen LogP contribution >= 0.6 is 23.4 Å². The Bertz CT molecular complexity index is 1190. The average molecular weight is 469 g/mol. The van der Waals surface area contributed by atoms with Gasteiger partial charge in [0.25, 0.3) is 11.8 Å². The van der Waals surface area contributed by atoms with Crippen LogP contribution in [0.2, 0.25) is 5.02 Å². The molecule has 2 aromatic carbocycles. The minimum absolute atomic E-state index is 0.154. The van der Waals surface area contributed by atoms with E-state index in [9.17, 15) is 9.59 Å². The number of halogens is 1. The number of amides is 2. The number of hydrogen-bond donors (Lipinski definition) is 3. The number of rotatable bonds is 7. The highest BCUT2D eigenvalue weighted by Crippen LogP contribution is 2.32. The number of ether oxygens (including phenoxy) is 1. The lowest BCUT2D eigenvalue weighted by atomic mass is 10.1. The van der Waals surface area contributed by atoms with Crippen LogP contribution in [0.3, 0.4) is 0 Å². The first-order chi connectivity index (χ1) is 15.5. The van der Waals surface area contributed by atoms with E-state index in [2.05, 4.69) is 20.6 Å². The number of H-pyrrole nitrogens is 1. The van der Waals surface area contributed by atoms with Crippen molar-refractivity contribution in [2.45, 2.75) is 12.7 Å². The highest BCUT2D eigenvalue weighted by molar-refractivity contribution is 7.98. The first kappa shape index (κ1) is 22.0. The van der Waals surface area contributed by atoms with Crippen LogP contribution in [0.1, 0.15) is 27.3 Å². The van der Waals surface area contributed by atoms with Crippen LogP contribution in [-0.4, -0.2) is 34.1 Å². The van der Waals surface area contributed by atoms with Gasteiger partial charge in [-0.05, 0) is 48.9 Å². The summed E-state index contributed by atoms with van der Waals surface area (Å²) < 4.78 is 5.74. The maximum absolute atomic E-state index is 12.5. The Morgan fingerprint density at radius 2 is 2.16 bits per heavy atom. The number of carbonyl (C=O) groups excluding carboxylic acids is 2. The molecule has 0 saturated carbocycles. The molecule has 1 aromatic heterocycles. The molecule has 2 amide bonds. The van der Waals surface area contributed by atoms with Crippen LogP contribution in [0.15, 0.2) is 54.6 Å². The van der Waals surface area contributed by atoms with E-state index < -0.39 is 0 Å². The van der Waals surface area contributed by atoms with Crippen LogP contribution in [-0.2, 0) is 10.5 Å². The molecule has 3 N–H and O–H groups in total. The van der Waals surface area contributed by atoms with Gasteiger partial charge in [0, 0.05) is 34.3 Å². The average Bonchev–Trinajstić information content (AvgIpc) is 3.18. The molecule has 0 unspecified atom stereocenters. The van der Waals surface area contributed by atoms with Gasteiger partial charge >= 0.3 is 0 Å². The van der Waals surface area contributed by atoms with Crippen molar-refractivity contribution in [3.05, 3.63) is 82.1 Å². The number of hydrogen-bond acceptors (Lipinski definition) is 5. The third kappa shape index (κ3) is 5.33. The molecule has 0 bridgehead atoms. The molecule has 3 aromatic rings. The van der Waals surface area contributed by atoms with Crippen molar-refractivity contribution in [3.8, 4) is 5.75 Å². The lowest BCUT2D eigenvalue weighted by molar-refractivity contribution is -0.115. The van der Waals surface area contributed by atoms with Gasteiger partial charge in [-0.1, -0.05) is 23.7 Å². The van der Waals surface area contributed by atoms with Crippen LogP contribution in [0.25, 0.3) is 6.08 Å². The lowest BCUT2D eigenvalue weighted by Gasteiger charge is -2.20. The van der Waals surface area contributed by atoms with Gasteiger partial charge in [-0.25, -0.2) is 4.98 Å². The summed E-state index contributed by atoms with van der Waals surface area (Å²) in [5.74, 6) is 1.58. The fraction of sp³-hybridized carbons (Fsp3) is 0.174. The van der Waals surface area contributed by atoms with Crippen molar-refractivity contribution >= 4 is 46.9 Å². The summed E-state index contributed by atoms with van der Waals surface area (Å²) in [5.41, 5.74) is 3.74. The Balaban J connectivity index is 1.34. The van der Waals surface area contributed by atoms with Crippen LogP contribution in [0.4, 0.5) is 5.69 Å². The molecule has 0 radical (unpaired) electrons. The molecular weight excluding hydrogens is 448 g/mol. The van der Waals surface area contributed by atoms with Gasteiger partial charge in [-0.3, -0.25) is 9.59 Å². The predicted molar refractivity (Wildman–Crippen MR) is 127 cm³/mol. The van der Waals surface area contributed by atoms with Gasteiger partial charge in [0.05, 0.1) is 17.7 Å². The van der Waals surface area contributed by atoms with E-state index in [1.165, 1.54) is 0 Å². The summed E-state index contributed by atoms with van der Waals surface area (Å²) in [4.78, 5) is 32.2. The molecule has 4 rings (SSSR count). The Hall–Kier alpha value is -3.23. The predicted octanol–water partition coefficient (Wildman–Crippen LogP) is 4.41. The third-order valence-corrected chi connectivity index (χ3v) is 5.99. The Morgan fingerprint density at radius 3 is 2.94 bits per heavy atom. The number of aryl methyl sites for hydroxylation is 1. The molecule has 1 aliphatic rings. The zero-order valence-electron chi connectivity index (χ0n) is 17.3. The van der Waals surface area contributed by atoms with Gasteiger partial charge in [0.15, 0.2) is 11.5 Å². The number of aromatic amines is 1. The second-order valence-electron chi connectivity index (χ2n) is 7.11. The highest BCUT2D eigenvalue weighted by atomic mass is 35.5. The van der Waals surface area contributed by atoms with Crippen molar-refractivity contribution in [2.75, 3.05) is 17.6 Å². The van der Waals surface area contributed by atoms with Gasteiger partial charge < -0.3 is 20.4 Å². The van der Waals surface area contributed by atoms with E-state index in [4.69, 9.17) is 16.3 Å². The van der Waals surface area contributed by atoms with E-state index in [0.717, 1.165) is 28.5 Å². The third-order valence-electron chi connectivity index (χ3n) is 4.79. The van der Waals surface area contributed by atoms with Crippen LogP contribution in [0, 0.1) is 6.92 Å². The zero-order chi connectivity index (χ0) is 22.5. The molecule has 0 spiro atoms. The molecule has 0 fully saturated rings. The molecule has 1 aliphatic heterocycles. The molecule has 2 heterocycles. The summed E-state index contributed by atoms with van der Waals surface area (Å²) in [6, 6.07) is 12.1. The summed E-state index contributed by atoms with van der Waals surface area (Å²) in [6.07, 6.45) is 3.30. The van der Waals surface area contributed by atoms with E-state index in [0.29, 0.717) is 28.6 Å². The molecule has 7 nitrogen and oxygen atoms in total. The van der Waals surface area contributed by atoms with Crippen molar-refractivity contribution in [1.82, 2.24) is 15.3 Å². The van der Waals surface area contributed by atoms with Crippen molar-refractivity contribution in [1.29, 1.82) is 0 Å². The number of nitrogens with zero attached hydrogens (tertiary/aromatic N) is 1. The largest absolute Gasteiger partial charge is 0.449 e. The number of benzene rings is 2. The standard InChI is InChI=1S/C23H21ClN4O3S/c1-14-19(27-13-26-14)12-32-8-7-25-22(29)16-5-6-20-18(11-16)28-23(30)21(31-20)10-15-3-2-4-17(24)9-15/h2-6,9-11,13H,7-8,12H2,1H3,(H,25,29)(H,26,27)(H,28,30)/b21-10-. The number of carbonyl (C=O) groups is 2. The molecule has 164 valence electrons. The van der Waals surface area contributed by atoms with E-state index >= 15 is 0 Å². The number of nitrogens with one attached hydrogen (secondary N) is 3. The monoisotopic (exact) mass is 468 g/mol. The molecule has 0 atom stereocenters. The van der Waals surface area contributed by atoms with Crippen molar-refractivity contribution < 1.29 is 14.3 Å². The molecule has 0 aliphatic carbocycles. The number of anilines is 1. The molecule has 9 heteroatoms. The molecular formula is C23H21ClN4O3S. The quantitative estimate of drug-likeness (QED) is 0.352. The van der Waals surface area contributed by atoms with Gasteiger partial charge in [-0.2, -0.15) is 11.8 Å². The second kappa shape index (κ2) is 9.93. The number of thioether (sulfide) groups is 1. The van der Waals surface area contributed by atoms with Crippen molar-refractivity contribution in [2.24, 2.45) is 0 Å². The van der Waals surface area contributed by atoms with Gasteiger partial charge in [0.1, 0.15) is 0 Å². The maximum atomic E-state index is 12.5. The first-order valence-electron chi connectivity index (χ1n) is 9.95. The van der Waals surface area contributed by atoms with E-state index in [-0.39, 0.29) is 17.6 Å². The number of fused-ring (bicyclic) bond motifs is 1. The van der Waals surface area contributed by atoms with Crippen molar-refractivity contribution in [3.63, 3.8) is 0 Å². The Morgan fingerprint density at radius 1 is 1.28 bits per heavy atom. The second-order valence-corrected chi connectivity index (χ2v) is 8.66. The van der Waals surface area contributed by atoms with E-state index in [1.807, 2.05) is 13.0 Å². The van der Waals surface area contributed by atoms with Gasteiger partial charge in [0.2, 0.25) is 0 Å². The minimum atomic E-state index is -0.389. The Labute approximate surface area is 194 Å².